The summed E-state index contributed by atoms with van der Waals surface area (Å²) in [6.07, 6.45) is 0. The molecule has 8 aromatic carbocycles. The molecule has 0 atom stereocenters. The van der Waals surface area contributed by atoms with E-state index < -0.39 is 0 Å². The van der Waals surface area contributed by atoms with Gasteiger partial charge in [-0.05, 0) is 116 Å². The van der Waals surface area contributed by atoms with Gasteiger partial charge in [0.15, 0.2) is 7.28 Å². The average Bonchev–Trinajstić information content (AvgIpc) is 3.98. The molecule has 0 unspecified atom stereocenters. The van der Waals surface area contributed by atoms with Gasteiger partial charge >= 0.3 is 0 Å². The lowest BCUT2D eigenvalue weighted by Crippen LogP contribution is -2.37. The fourth-order valence-corrected chi connectivity index (χ4v) is 13.3. The zero-order chi connectivity index (χ0) is 43.6. The molecule has 2 aliphatic rings. The molecule has 0 bridgehead atoms. The van der Waals surface area contributed by atoms with Crippen LogP contribution in [-0.2, 0) is 16.2 Å². The van der Waals surface area contributed by atoms with Gasteiger partial charge in [0, 0.05) is 84.7 Å². The van der Waals surface area contributed by atoms with Crippen molar-refractivity contribution in [1.29, 1.82) is 0 Å². The monoisotopic (exact) mass is 859 g/mol. The summed E-state index contributed by atoms with van der Waals surface area (Å²) < 4.78 is 7.90. The van der Waals surface area contributed by atoms with Gasteiger partial charge in [0.1, 0.15) is 0 Å². The Morgan fingerprint density at radius 2 is 1.19 bits per heavy atom. The van der Waals surface area contributed by atoms with Crippen molar-refractivity contribution in [2.24, 2.45) is 0 Å². The minimum Gasteiger partial charge on any atom is -0.355 e. The van der Waals surface area contributed by atoms with Crippen molar-refractivity contribution in [1.82, 2.24) is 4.57 Å². The van der Waals surface area contributed by atoms with Crippen LogP contribution in [0.4, 0.5) is 11.4 Å². The highest BCUT2D eigenvalue weighted by molar-refractivity contribution is 7.26. The molecule has 3 aromatic heterocycles. The zero-order valence-electron chi connectivity index (χ0n) is 37.6. The van der Waals surface area contributed by atoms with Crippen molar-refractivity contribution in [3.8, 4) is 27.9 Å². The van der Waals surface area contributed by atoms with Gasteiger partial charge in [0.25, 0.3) is 0 Å². The first kappa shape index (κ1) is 38.3. The number of rotatable bonds is 3. The summed E-state index contributed by atoms with van der Waals surface area (Å²) in [6, 6.07) is 53.8. The van der Waals surface area contributed by atoms with Crippen LogP contribution >= 0.6 is 22.7 Å². The van der Waals surface area contributed by atoms with Crippen LogP contribution in [0.25, 0.3) is 90.1 Å². The predicted octanol–water partition coefficient (Wildman–Crippen LogP) is 15.8. The van der Waals surface area contributed by atoms with Crippen molar-refractivity contribution >= 4 is 114 Å². The maximum absolute atomic E-state index is 3.98. The maximum atomic E-state index is 3.98. The van der Waals surface area contributed by atoms with E-state index in [0.29, 0.717) is 0 Å². The van der Waals surface area contributed by atoms with Crippen LogP contribution in [0.2, 0.25) is 0 Å². The van der Waals surface area contributed by atoms with E-state index >= 15 is 0 Å². The second-order valence-electron chi connectivity index (χ2n) is 20.9. The normalized spacial score (nSPS) is 14.2. The molecule has 0 saturated carbocycles. The molecule has 1 aliphatic carbocycles. The second-order valence-corrected chi connectivity index (χ2v) is 23.1. The molecule has 64 heavy (non-hydrogen) atoms. The standard InChI is InChI=1S/C59H48BN2S2/c1-57(2,3)32-17-20-34(21-18-32)61-48-31-54-43(42-25-33(58(4,5)6)19-24-52(42)64-54)26-40(48)37-22-23-38-41-29-53-44(36-14-10-12-16-51(36)63-53)28-49(41)62-50-30-46-39(27-47(50)60-55(37)56(38)62)35-13-9-11-15-45(35)59(46,7)8/h9-31,61H,1-8H3. The maximum Gasteiger partial charge on any atom is 0.197 e. The fourth-order valence-electron chi connectivity index (χ4n) is 11.0. The van der Waals surface area contributed by atoms with Crippen molar-refractivity contribution in [2.75, 3.05) is 5.32 Å². The van der Waals surface area contributed by atoms with E-state index in [0.717, 1.165) is 11.4 Å². The van der Waals surface area contributed by atoms with Gasteiger partial charge < -0.3 is 9.88 Å². The van der Waals surface area contributed by atoms with Gasteiger partial charge in [-0.15, -0.1) is 22.7 Å². The predicted molar refractivity (Wildman–Crippen MR) is 282 cm³/mol. The summed E-state index contributed by atoms with van der Waals surface area (Å²) in [7, 11) is 2.51. The quantitative estimate of drug-likeness (QED) is 0.175. The molecule has 11 aromatic rings. The van der Waals surface area contributed by atoms with Crippen LogP contribution in [0.3, 0.4) is 0 Å². The van der Waals surface area contributed by atoms with Crippen LogP contribution in [0, 0.1) is 0 Å². The molecule has 1 aliphatic heterocycles. The summed E-state index contributed by atoms with van der Waals surface area (Å²) >= 11 is 3.79. The van der Waals surface area contributed by atoms with Crippen molar-refractivity contribution in [2.45, 2.75) is 71.6 Å². The first-order chi connectivity index (χ1) is 30.7. The number of hydrogen-bond acceptors (Lipinski definition) is 3. The molecule has 1 N–H and O–H groups in total. The van der Waals surface area contributed by atoms with Gasteiger partial charge in [0.05, 0.1) is 5.52 Å². The smallest absolute Gasteiger partial charge is 0.197 e. The minimum atomic E-state index is -0.112. The Balaban J connectivity index is 1.11. The van der Waals surface area contributed by atoms with E-state index in [1.165, 1.54) is 123 Å². The van der Waals surface area contributed by atoms with Crippen molar-refractivity contribution in [3.63, 3.8) is 0 Å². The number of aromatic nitrogens is 1. The van der Waals surface area contributed by atoms with E-state index in [4.69, 9.17) is 0 Å². The molecule has 2 nitrogen and oxygen atoms in total. The zero-order valence-corrected chi connectivity index (χ0v) is 39.3. The summed E-state index contributed by atoms with van der Waals surface area (Å²) in [5, 5.41) is 11.9. The molecule has 309 valence electrons. The van der Waals surface area contributed by atoms with Crippen molar-refractivity contribution < 1.29 is 0 Å². The van der Waals surface area contributed by atoms with Gasteiger partial charge in [-0.25, -0.2) is 0 Å². The third kappa shape index (κ3) is 5.44. The molecule has 0 amide bonds. The largest absolute Gasteiger partial charge is 0.355 e. The molecular weight excluding hydrogens is 812 g/mol. The molecule has 0 saturated heterocycles. The lowest BCUT2D eigenvalue weighted by molar-refractivity contribution is 0.590. The van der Waals surface area contributed by atoms with E-state index in [1.807, 2.05) is 22.7 Å². The molecular formula is C59H48BN2S2. The molecule has 0 spiro atoms. The molecule has 1 radical (unpaired) electrons. The van der Waals surface area contributed by atoms with Crippen molar-refractivity contribution in [3.05, 3.63) is 162 Å². The third-order valence-corrected chi connectivity index (χ3v) is 16.8. The Bertz CT molecular complexity index is 3820. The Morgan fingerprint density at radius 3 is 1.98 bits per heavy atom. The van der Waals surface area contributed by atoms with E-state index in [-0.39, 0.29) is 16.2 Å². The first-order valence-corrected chi connectivity index (χ1v) is 24.3. The first-order valence-electron chi connectivity index (χ1n) is 22.7. The number of nitrogens with zero attached hydrogens (tertiary/aromatic N) is 1. The van der Waals surface area contributed by atoms with Crippen LogP contribution in [0.15, 0.2) is 140 Å². The number of fused-ring (bicyclic) bond motifs is 14. The summed E-state index contributed by atoms with van der Waals surface area (Å²) in [6.45, 7) is 18.6. The number of anilines is 2. The van der Waals surface area contributed by atoms with Crippen LogP contribution < -0.4 is 16.2 Å². The lowest BCUT2D eigenvalue weighted by atomic mass is 9.58. The highest BCUT2D eigenvalue weighted by atomic mass is 32.1. The fraction of sp³-hybridized carbons (Fsp3) is 0.186. The highest BCUT2D eigenvalue weighted by Gasteiger charge is 2.38. The Kier molecular flexibility index (Phi) is 7.78. The number of benzene rings is 8. The number of thiophene rings is 2. The second kappa shape index (κ2) is 13.0. The topological polar surface area (TPSA) is 17.0 Å². The highest BCUT2D eigenvalue weighted by Crippen LogP contribution is 2.51. The van der Waals surface area contributed by atoms with Gasteiger partial charge in [-0.3, -0.25) is 0 Å². The van der Waals surface area contributed by atoms with Crippen LogP contribution in [0.1, 0.15) is 77.6 Å². The van der Waals surface area contributed by atoms with E-state index in [9.17, 15) is 0 Å². The molecule has 0 fully saturated rings. The Morgan fingerprint density at radius 1 is 0.500 bits per heavy atom. The Hall–Kier alpha value is -6.14. The van der Waals surface area contributed by atoms with Gasteiger partial charge in [0.2, 0.25) is 0 Å². The lowest BCUT2D eigenvalue weighted by Gasteiger charge is -2.27. The van der Waals surface area contributed by atoms with E-state index in [1.54, 1.807) is 0 Å². The average molecular weight is 860 g/mol. The number of hydrogen-bond donors (Lipinski definition) is 1. The third-order valence-electron chi connectivity index (χ3n) is 14.5. The van der Waals surface area contributed by atoms with Crippen LogP contribution in [0.5, 0.6) is 0 Å². The number of nitrogens with one attached hydrogen (secondary N) is 1. The molecule has 5 heteroatoms. The van der Waals surface area contributed by atoms with Gasteiger partial charge in [-0.2, -0.15) is 0 Å². The molecule has 4 heterocycles. The van der Waals surface area contributed by atoms with Crippen LogP contribution in [-0.4, -0.2) is 11.8 Å². The SMILES string of the molecule is CC(C)(C)c1ccc(Nc2cc3sc4ccc(C(C)(C)C)cc4c3cc2-c2ccc3c4cc5sc6ccccc6c5cc4n4c3c2[B]c2cc3c(cc2-4)C(C)(C)c2ccccc2-3)cc1. The van der Waals surface area contributed by atoms with Gasteiger partial charge in [-0.1, -0.05) is 140 Å². The minimum absolute atomic E-state index is 0.0493. The summed E-state index contributed by atoms with van der Waals surface area (Å²) in [4.78, 5) is 0. The molecule has 13 rings (SSSR count). The Labute approximate surface area is 383 Å². The summed E-state index contributed by atoms with van der Waals surface area (Å²) in [5.74, 6) is 0. The van der Waals surface area contributed by atoms with E-state index in [2.05, 4.69) is 212 Å². The summed E-state index contributed by atoms with van der Waals surface area (Å²) in [5.41, 5.74) is 19.2.